The van der Waals surface area contributed by atoms with E-state index in [1.165, 1.54) is 11.3 Å². The molecule has 1 aromatic carbocycles. The molecule has 0 radical (unpaired) electrons. The first-order valence-electron chi connectivity index (χ1n) is 12.8. The molecule has 2 aliphatic rings. The molecule has 0 bridgehead atoms. The summed E-state index contributed by atoms with van der Waals surface area (Å²) in [4.78, 5) is 43.0. The molecule has 0 spiro atoms. The molecule has 8 nitrogen and oxygen atoms in total. The minimum absolute atomic E-state index is 0.0964. The number of nitrogens with zero attached hydrogens (tertiary/aromatic N) is 2. The number of ether oxygens (including phenoxy) is 2. The first kappa shape index (κ1) is 26.7. The summed E-state index contributed by atoms with van der Waals surface area (Å²) in [5.41, 5.74) is 1.49. The third-order valence-electron chi connectivity index (χ3n) is 6.88. The van der Waals surface area contributed by atoms with Crippen LogP contribution in [-0.4, -0.2) is 65.0 Å². The van der Waals surface area contributed by atoms with Crippen molar-refractivity contribution in [2.45, 2.75) is 58.5 Å². The largest absolute Gasteiger partial charge is 0.507 e. The fraction of sp³-hybridized carbons (Fsp3) is 0.464. The number of carbonyl (C=O) groups excluding carboxylic acids is 3. The summed E-state index contributed by atoms with van der Waals surface area (Å²) >= 11 is 1.44. The van der Waals surface area contributed by atoms with Crippen LogP contribution in [0.25, 0.3) is 5.76 Å². The molecule has 198 valence electrons. The van der Waals surface area contributed by atoms with Gasteiger partial charge < -0.3 is 24.4 Å². The van der Waals surface area contributed by atoms with E-state index in [4.69, 9.17) is 9.47 Å². The summed E-state index contributed by atoms with van der Waals surface area (Å²) in [6.07, 6.45) is 0.678. The average Bonchev–Trinajstić information content (AvgIpc) is 3.51. The van der Waals surface area contributed by atoms with E-state index in [9.17, 15) is 19.5 Å². The number of thiophene rings is 1. The van der Waals surface area contributed by atoms with Gasteiger partial charge in [0.25, 0.3) is 11.7 Å². The maximum absolute atomic E-state index is 13.4. The van der Waals surface area contributed by atoms with E-state index in [-0.39, 0.29) is 29.4 Å². The van der Waals surface area contributed by atoms with Crippen LogP contribution in [0.2, 0.25) is 0 Å². The molecule has 1 unspecified atom stereocenters. The Morgan fingerprint density at radius 3 is 2.46 bits per heavy atom. The summed E-state index contributed by atoms with van der Waals surface area (Å²) in [5, 5.41) is 13.4. The molecule has 1 aromatic heterocycles. The number of piperidine rings is 1. The van der Waals surface area contributed by atoms with E-state index < -0.39 is 17.7 Å². The summed E-state index contributed by atoms with van der Waals surface area (Å²) in [6.45, 7) is 9.43. The number of aliphatic hydroxyl groups excluding tert-OH is 1. The van der Waals surface area contributed by atoms with Crippen LogP contribution in [0.15, 0.2) is 41.3 Å². The summed E-state index contributed by atoms with van der Waals surface area (Å²) in [6, 6.07) is 8.18. The molecular weight excluding hydrogens is 492 g/mol. The fourth-order valence-corrected chi connectivity index (χ4v) is 5.92. The van der Waals surface area contributed by atoms with Gasteiger partial charge in [-0.3, -0.25) is 9.59 Å². The molecule has 4 rings (SSSR count). The molecule has 2 aliphatic heterocycles. The summed E-state index contributed by atoms with van der Waals surface area (Å²) in [5.74, 6) is -0.631. The fourth-order valence-electron chi connectivity index (χ4n) is 5.08. The Morgan fingerprint density at radius 2 is 1.86 bits per heavy atom. The van der Waals surface area contributed by atoms with Crippen molar-refractivity contribution in [3.8, 4) is 5.75 Å². The number of likely N-dealkylation sites (tertiary alicyclic amines) is 2. The van der Waals surface area contributed by atoms with Crippen LogP contribution in [0.1, 0.15) is 68.5 Å². The highest BCUT2D eigenvalue weighted by Gasteiger charge is 2.49. The van der Waals surface area contributed by atoms with E-state index in [1.54, 1.807) is 28.9 Å². The van der Waals surface area contributed by atoms with Crippen molar-refractivity contribution in [1.82, 2.24) is 9.80 Å². The molecule has 9 heteroatoms. The number of rotatable bonds is 7. The molecule has 2 amide bonds. The van der Waals surface area contributed by atoms with E-state index >= 15 is 0 Å². The third-order valence-corrected chi connectivity index (χ3v) is 7.81. The number of aliphatic hydroxyl groups is 1. The first-order chi connectivity index (χ1) is 17.8. The molecule has 2 fully saturated rings. The predicted molar refractivity (Wildman–Crippen MR) is 142 cm³/mol. The number of hydrogen-bond donors (Lipinski definition) is 1. The molecule has 0 aliphatic carbocycles. The lowest BCUT2D eigenvalue weighted by Gasteiger charge is -2.38. The molecule has 0 saturated carbocycles. The van der Waals surface area contributed by atoms with Crippen molar-refractivity contribution in [2.75, 3.05) is 26.3 Å². The number of carbonyl (C=O) groups is 3. The lowest BCUT2D eigenvalue weighted by Crippen LogP contribution is -2.48. The number of ketones is 1. The number of benzene rings is 1. The normalized spacial score (nSPS) is 20.1. The lowest BCUT2D eigenvalue weighted by atomic mass is 9.94. The highest BCUT2D eigenvalue weighted by molar-refractivity contribution is 7.10. The summed E-state index contributed by atoms with van der Waals surface area (Å²) in [7, 11) is 0. The molecule has 2 saturated heterocycles. The monoisotopic (exact) mass is 526 g/mol. The first-order valence-corrected chi connectivity index (χ1v) is 13.7. The van der Waals surface area contributed by atoms with E-state index in [0.29, 0.717) is 44.7 Å². The number of Topliss-reactive ketones (excluding diaryl/α,β-unsaturated/α-hetero) is 1. The van der Waals surface area contributed by atoms with Crippen molar-refractivity contribution >= 4 is 34.9 Å². The zero-order valence-electron chi connectivity index (χ0n) is 21.7. The SMILES string of the molecule is CCOC(=O)N1CCC(N2C(=O)C(=O)/C(=C(\O)c3ccc(OCC)c(C(C)C)c3)C2c2cccs2)CC1. The molecule has 1 N–H and O–H groups in total. The second kappa shape index (κ2) is 11.4. The van der Waals surface area contributed by atoms with Gasteiger partial charge in [0.1, 0.15) is 11.5 Å². The topological polar surface area (TPSA) is 96.4 Å². The van der Waals surface area contributed by atoms with Crippen molar-refractivity contribution < 1.29 is 29.0 Å². The van der Waals surface area contributed by atoms with Crippen LogP contribution in [0.3, 0.4) is 0 Å². The van der Waals surface area contributed by atoms with Crippen LogP contribution in [-0.2, 0) is 14.3 Å². The van der Waals surface area contributed by atoms with Crippen molar-refractivity contribution in [3.63, 3.8) is 0 Å². The lowest BCUT2D eigenvalue weighted by molar-refractivity contribution is -0.142. The number of hydrogen-bond acceptors (Lipinski definition) is 7. The van der Waals surface area contributed by atoms with Gasteiger partial charge in [0, 0.05) is 29.6 Å². The smallest absolute Gasteiger partial charge is 0.409 e. The number of amides is 2. The second-order valence-corrected chi connectivity index (χ2v) is 10.5. The highest BCUT2D eigenvalue weighted by atomic mass is 32.1. The van der Waals surface area contributed by atoms with Gasteiger partial charge in [-0.2, -0.15) is 0 Å². The summed E-state index contributed by atoms with van der Waals surface area (Å²) < 4.78 is 10.9. The van der Waals surface area contributed by atoms with Gasteiger partial charge in [-0.25, -0.2) is 4.79 Å². The Hall–Kier alpha value is -3.33. The molecular formula is C28H34N2O6S. The molecule has 37 heavy (non-hydrogen) atoms. The van der Waals surface area contributed by atoms with Crippen LogP contribution < -0.4 is 4.74 Å². The van der Waals surface area contributed by atoms with E-state index in [1.807, 2.05) is 44.4 Å². The maximum Gasteiger partial charge on any atom is 0.409 e. The Morgan fingerprint density at radius 1 is 1.14 bits per heavy atom. The Kier molecular flexibility index (Phi) is 8.22. The zero-order valence-corrected chi connectivity index (χ0v) is 22.5. The van der Waals surface area contributed by atoms with Crippen molar-refractivity contribution in [2.24, 2.45) is 0 Å². The van der Waals surface area contributed by atoms with Crippen LogP contribution >= 0.6 is 11.3 Å². The van der Waals surface area contributed by atoms with Crippen molar-refractivity contribution in [1.29, 1.82) is 0 Å². The van der Waals surface area contributed by atoms with Gasteiger partial charge in [0.15, 0.2) is 0 Å². The van der Waals surface area contributed by atoms with E-state index in [2.05, 4.69) is 0 Å². The third kappa shape index (κ3) is 5.23. The maximum atomic E-state index is 13.4. The molecule has 3 heterocycles. The van der Waals surface area contributed by atoms with Gasteiger partial charge in [0.2, 0.25) is 0 Å². The zero-order chi connectivity index (χ0) is 26.7. The van der Waals surface area contributed by atoms with E-state index in [0.717, 1.165) is 16.2 Å². The van der Waals surface area contributed by atoms with Gasteiger partial charge in [-0.05, 0) is 67.8 Å². The van der Waals surface area contributed by atoms with Crippen LogP contribution in [0.4, 0.5) is 4.79 Å². The predicted octanol–water partition coefficient (Wildman–Crippen LogP) is 5.31. The molecule has 2 aromatic rings. The quantitative estimate of drug-likeness (QED) is 0.298. The Labute approximate surface area is 221 Å². The van der Waals surface area contributed by atoms with Gasteiger partial charge in [0.05, 0.1) is 24.8 Å². The van der Waals surface area contributed by atoms with Gasteiger partial charge >= 0.3 is 6.09 Å². The Bertz CT molecular complexity index is 1180. The minimum Gasteiger partial charge on any atom is -0.507 e. The minimum atomic E-state index is -0.691. The molecule has 1 atom stereocenters. The standard InChI is InChI=1S/C28H34N2O6S/c1-5-35-21-10-9-18(16-20(21)17(3)4)25(31)23-24(22-8-7-15-37-22)30(27(33)26(23)32)19-11-13-29(14-12-19)28(34)36-6-2/h7-10,15-17,19,24,31H,5-6,11-14H2,1-4H3/b25-23-. The van der Waals surface area contributed by atoms with Gasteiger partial charge in [-0.15, -0.1) is 11.3 Å². The Balaban J connectivity index is 1.72. The highest BCUT2D eigenvalue weighted by Crippen LogP contribution is 2.44. The average molecular weight is 527 g/mol. The van der Waals surface area contributed by atoms with Crippen molar-refractivity contribution in [3.05, 3.63) is 57.3 Å². The van der Waals surface area contributed by atoms with Gasteiger partial charge in [-0.1, -0.05) is 19.9 Å². The van der Waals surface area contributed by atoms with Crippen LogP contribution in [0, 0.1) is 0 Å². The van der Waals surface area contributed by atoms with Crippen LogP contribution in [0.5, 0.6) is 5.75 Å². The second-order valence-electron chi connectivity index (χ2n) is 9.48.